The molecule has 0 aliphatic heterocycles. The van der Waals surface area contributed by atoms with Crippen LogP contribution in [-0.2, 0) is 19.2 Å². The molecule has 0 atom stereocenters. The molecule has 14 heteroatoms. The molecular formula is C24H18N4O10-4. The molecule has 0 saturated heterocycles. The molecule has 0 aliphatic carbocycles. The number of rotatable bonds is 13. The molecule has 0 bridgehead atoms. The van der Waals surface area contributed by atoms with Gasteiger partial charge in [0, 0.05) is 47.1 Å². The Morgan fingerprint density at radius 2 is 0.737 bits per heavy atom. The number of hydrogen-bond acceptors (Lipinski definition) is 14. The molecule has 0 heterocycles. The van der Waals surface area contributed by atoms with Gasteiger partial charge in [-0.15, -0.1) is 0 Å². The quantitative estimate of drug-likeness (QED) is 0.238. The van der Waals surface area contributed by atoms with Crippen molar-refractivity contribution >= 4 is 48.7 Å². The molecule has 0 aliphatic rings. The molecular weight excluding hydrogens is 504 g/mol. The highest BCUT2D eigenvalue weighted by molar-refractivity contribution is 5.98. The van der Waals surface area contributed by atoms with E-state index in [0.29, 0.717) is 11.1 Å². The van der Waals surface area contributed by atoms with Gasteiger partial charge in [-0.1, -0.05) is 0 Å². The Balaban J connectivity index is 2.72. The zero-order valence-electron chi connectivity index (χ0n) is 19.4. The molecule has 2 N–H and O–H groups in total. The summed E-state index contributed by atoms with van der Waals surface area (Å²) in [5.74, 6) is -6.75. The monoisotopic (exact) mass is 522 g/mol. The lowest BCUT2D eigenvalue weighted by atomic mass is 9.95. The van der Waals surface area contributed by atoms with Crippen molar-refractivity contribution in [1.82, 2.24) is 0 Å². The normalized spacial score (nSPS) is 11.7. The predicted molar refractivity (Wildman–Crippen MR) is 125 cm³/mol. The number of nitrogens with zero attached hydrogens (tertiary/aromatic N) is 4. The number of carboxylic acid groups (broad SMARTS) is 4. The molecule has 0 amide bonds. The second kappa shape index (κ2) is 13.6. The number of aliphatic imine (C=N–C) groups is 4. The smallest absolute Gasteiger partial charge is 0.133 e. The average Bonchev–Trinajstić information content (AvgIpc) is 2.82. The van der Waals surface area contributed by atoms with Crippen LogP contribution in [0.15, 0.2) is 44.2 Å². The Labute approximate surface area is 214 Å². The lowest BCUT2D eigenvalue weighted by Gasteiger charge is -2.12. The maximum Gasteiger partial charge on any atom is 0.133 e. The third kappa shape index (κ3) is 8.99. The number of phenolic OH excluding ortho intramolecular Hbond substituents is 2. The number of hydrogen-bond donors (Lipinski definition) is 2. The lowest BCUT2D eigenvalue weighted by Crippen LogP contribution is -2.25. The summed E-state index contributed by atoms with van der Waals surface area (Å²) in [6.07, 6.45) is 4.15. The van der Waals surface area contributed by atoms with E-state index in [1.54, 1.807) is 0 Å². The highest BCUT2D eigenvalue weighted by Gasteiger charge is 2.13. The van der Waals surface area contributed by atoms with Crippen LogP contribution in [0.1, 0.15) is 22.3 Å². The minimum absolute atomic E-state index is 0.00561. The maximum absolute atomic E-state index is 10.7. The van der Waals surface area contributed by atoms with Gasteiger partial charge in [-0.3, -0.25) is 20.0 Å². The molecule has 0 aromatic heterocycles. The topological polar surface area (TPSA) is 250 Å². The van der Waals surface area contributed by atoms with E-state index in [2.05, 4.69) is 20.0 Å². The minimum atomic E-state index is -1.48. The van der Waals surface area contributed by atoms with Gasteiger partial charge in [-0.05, 0) is 35.4 Å². The van der Waals surface area contributed by atoms with Gasteiger partial charge >= 0.3 is 0 Å². The van der Waals surface area contributed by atoms with Crippen LogP contribution in [0.25, 0.3) is 11.1 Å². The first-order chi connectivity index (χ1) is 18.0. The fraction of sp³-hybridized carbons (Fsp3) is 0.167. The standard InChI is InChI=1S/C24H22N4O10/c29-19(30)9-25-5-15-1-13(2-16(23(15)37)6-26-10-20(31)32)14-3-17(7-27-11-21(33)34)24(38)18(4-14)8-28-12-22(35)36/h1-8,37-38H,9-12H2,(H,29,30)(H,31,32)(H,33,34)(H,35,36)/p-4. The Morgan fingerprint density at radius 3 is 0.921 bits per heavy atom. The molecule has 0 fully saturated rings. The largest absolute Gasteiger partial charge is 0.548 e. The molecule has 0 saturated carbocycles. The Morgan fingerprint density at radius 1 is 0.526 bits per heavy atom. The van der Waals surface area contributed by atoms with Crippen LogP contribution in [0.4, 0.5) is 0 Å². The van der Waals surface area contributed by atoms with Gasteiger partial charge in [0.2, 0.25) is 0 Å². The SMILES string of the molecule is O=C([O-])CN=Cc1cc(-c2cc(C=NCC(=O)[O-])c(O)c(C=NCC(=O)[O-])c2)cc(C=NCC(=O)[O-])c1O. The second-order valence-electron chi connectivity index (χ2n) is 7.37. The second-order valence-corrected chi connectivity index (χ2v) is 7.37. The van der Waals surface area contributed by atoms with Crippen molar-refractivity contribution in [3.63, 3.8) is 0 Å². The summed E-state index contributed by atoms with van der Waals surface area (Å²) in [6.45, 7) is -2.85. The first kappa shape index (κ1) is 28.8. The predicted octanol–water partition coefficient (Wildman–Crippen LogP) is -4.56. The van der Waals surface area contributed by atoms with E-state index in [1.165, 1.54) is 24.3 Å². The summed E-state index contributed by atoms with van der Waals surface area (Å²) in [4.78, 5) is 57.4. The summed E-state index contributed by atoms with van der Waals surface area (Å²) in [5.41, 5.74) is 0.627. The van der Waals surface area contributed by atoms with Crippen molar-refractivity contribution < 1.29 is 49.8 Å². The van der Waals surface area contributed by atoms with Gasteiger partial charge in [0.15, 0.2) is 0 Å². The van der Waals surface area contributed by atoms with Crippen LogP contribution in [0.5, 0.6) is 11.5 Å². The number of benzene rings is 2. The fourth-order valence-electron chi connectivity index (χ4n) is 2.96. The van der Waals surface area contributed by atoms with Crippen LogP contribution in [-0.4, -0.2) is 85.1 Å². The van der Waals surface area contributed by atoms with Gasteiger partial charge in [0.1, 0.15) is 11.5 Å². The zero-order valence-corrected chi connectivity index (χ0v) is 19.4. The van der Waals surface area contributed by atoms with E-state index in [1.807, 2.05) is 0 Å². The Kier molecular flexibility index (Phi) is 10.3. The van der Waals surface area contributed by atoms with Crippen LogP contribution in [0, 0.1) is 0 Å². The summed E-state index contributed by atoms with van der Waals surface area (Å²) in [7, 11) is 0. The zero-order chi connectivity index (χ0) is 28.2. The van der Waals surface area contributed by atoms with Crippen LogP contribution in [0.2, 0.25) is 0 Å². The number of carboxylic acids is 4. The maximum atomic E-state index is 10.7. The van der Waals surface area contributed by atoms with E-state index in [9.17, 15) is 49.8 Å². The highest BCUT2D eigenvalue weighted by atomic mass is 16.4. The first-order valence-electron chi connectivity index (χ1n) is 10.5. The summed E-state index contributed by atoms with van der Waals surface area (Å²) in [6, 6.07) is 5.50. The Hall–Kier alpha value is -5.40. The van der Waals surface area contributed by atoms with E-state index >= 15 is 0 Å². The van der Waals surface area contributed by atoms with E-state index in [0.717, 1.165) is 24.9 Å². The summed E-state index contributed by atoms with van der Waals surface area (Å²) >= 11 is 0. The van der Waals surface area contributed by atoms with Gasteiger partial charge in [-0.25, -0.2) is 0 Å². The van der Waals surface area contributed by atoms with Crippen LogP contribution >= 0.6 is 0 Å². The van der Waals surface area contributed by atoms with Crippen molar-refractivity contribution in [2.75, 3.05) is 26.2 Å². The van der Waals surface area contributed by atoms with Crippen molar-refractivity contribution in [3.8, 4) is 22.6 Å². The van der Waals surface area contributed by atoms with E-state index < -0.39 is 61.6 Å². The van der Waals surface area contributed by atoms with Gasteiger partial charge in [0.25, 0.3) is 0 Å². The molecule has 198 valence electrons. The van der Waals surface area contributed by atoms with Crippen molar-refractivity contribution in [3.05, 3.63) is 46.5 Å². The molecule has 2 rings (SSSR count). The molecule has 38 heavy (non-hydrogen) atoms. The van der Waals surface area contributed by atoms with Crippen LogP contribution in [0.3, 0.4) is 0 Å². The van der Waals surface area contributed by atoms with Crippen molar-refractivity contribution in [1.29, 1.82) is 0 Å². The van der Waals surface area contributed by atoms with E-state index in [-0.39, 0.29) is 22.3 Å². The number of carbonyl (C=O) groups is 4. The Bertz CT molecular complexity index is 1160. The molecule has 0 spiro atoms. The van der Waals surface area contributed by atoms with E-state index in [4.69, 9.17) is 0 Å². The number of carbonyl (C=O) groups excluding carboxylic acids is 4. The van der Waals surface area contributed by atoms with Gasteiger partial charge in [0.05, 0.1) is 50.1 Å². The molecule has 2 aromatic rings. The first-order valence-corrected chi connectivity index (χ1v) is 10.5. The fourth-order valence-corrected chi connectivity index (χ4v) is 2.96. The third-order valence-corrected chi connectivity index (χ3v) is 4.47. The summed E-state index contributed by atoms with van der Waals surface area (Å²) < 4.78 is 0. The average molecular weight is 522 g/mol. The van der Waals surface area contributed by atoms with Crippen LogP contribution < -0.4 is 20.4 Å². The lowest BCUT2D eigenvalue weighted by molar-refractivity contribution is -0.304. The molecule has 0 radical (unpaired) electrons. The molecule has 0 unspecified atom stereocenters. The number of phenols is 2. The van der Waals surface area contributed by atoms with Gasteiger partial charge < -0.3 is 49.8 Å². The van der Waals surface area contributed by atoms with Crippen molar-refractivity contribution in [2.24, 2.45) is 20.0 Å². The number of aromatic hydroxyl groups is 2. The van der Waals surface area contributed by atoms with Gasteiger partial charge in [-0.2, -0.15) is 0 Å². The number of aliphatic carboxylic acids is 4. The highest BCUT2D eigenvalue weighted by Crippen LogP contribution is 2.32. The molecule has 2 aromatic carbocycles. The minimum Gasteiger partial charge on any atom is -0.548 e. The molecule has 14 nitrogen and oxygen atoms in total. The third-order valence-electron chi connectivity index (χ3n) is 4.47. The van der Waals surface area contributed by atoms with Crippen molar-refractivity contribution in [2.45, 2.75) is 0 Å². The summed E-state index contributed by atoms with van der Waals surface area (Å²) in [5, 5.41) is 63.9.